The zero-order valence-electron chi connectivity index (χ0n) is 12.5. The molecule has 0 aliphatic carbocycles. The van der Waals surface area contributed by atoms with E-state index in [-0.39, 0.29) is 12.5 Å². The van der Waals surface area contributed by atoms with E-state index in [0.717, 1.165) is 15.9 Å². The summed E-state index contributed by atoms with van der Waals surface area (Å²) in [6.45, 7) is 5.37. The van der Waals surface area contributed by atoms with Crippen molar-refractivity contribution >= 4 is 39.1 Å². The van der Waals surface area contributed by atoms with Crippen molar-refractivity contribution in [2.75, 3.05) is 12.3 Å². The summed E-state index contributed by atoms with van der Waals surface area (Å²) < 4.78 is 1.70. The Kier molecular flexibility index (Phi) is 3.66. The number of nitrogens with two attached hydrogens (primary N) is 2. The third-order valence-corrected chi connectivity index (χ3v) is 4.72. The Balaban J connectivity index is 2.27. The SMILES string of the molecule is Cc1nn(C)c2sc(C(=O)NCC(C)(C)C(N)=O)c(N)c12. The van der Waals surface area contributed by atoms with E-state index >= 15 is 0 Å². The summed E-state index contributed by atoms with van der Waals surface area (Å²) in [6.07, 6.45) is 0. The van der Waals surface area contributed by atoms with Crippen LogP contribution >= 0.6 is 11.3 Å². The second-order valence-corrected chi connectivity index (χ2v) is 6.66. The number of carbonyl (C=O) groups is 2. The highest BCUT2D eigenvalue weighted by Crippen LogP contribution is 2.35. The van der Waals surface area contributed by atoms with E-state index in [4.69, 9.17) is 11.5 Å². The monoisotopic (exact) mass is 309 g/mol. The molecule has 0 saturated carbocycles. The lowest BCUT2D eigenvalue weighted by molar-refractivity contribution is -0.125. The number of nitrogens with zero attached hydrogens (tertiary/aromatic N) is 2. The van der Waals surface area contributed by atoms with E-state index in [1.54, 1.807) is 18.5 Å². The Morgan fingerprint density at radius 1 is 1.43 bits per heavy atom. The molecule has 0 atom stereocenters. The highest BCUT2D eigenvalue weighted by molar-refractivity contribution is 7.21. The first kappa shape index (κ1) is 15.3. The van der Waals surface area contributed by atoms with Gasteiger partial charge in [0.2, 0.25) is 5.91 Å². The van der Waals surface area contributed by atoms with Crippen LogP contribution < -0.4 is 16.8 Å². The number of nitrogens with one attached hydrogen (secondary N) is 1. The Labute approximate surface area is 126 Å². The molecule has 21 heavy (non-hydrogen) atoms. The average molecular weight is 309 g/mol. The highest BCUT2D eigenvalue weighted by atomic mass is 32.1. The molecule has 2 amide bonds. The van der Waals surface area contributed by atoms with Gasteiger partial charge < -0.3 is 16.8 Å². The van der Waals surface area contributed by atoms with Gasteiger partial charge in [0.15, 0.2) is 0 Å². The first-order chi connectivity index (χ1) is 9.65. The van der Waals surface area contributed by atoms with E-state index in [2.05, 4.69) is 10.4 Å². The number of carbonyl (C=O) groups excluding carboxylic acids is 2. The molecular weight excluding hydrogens is 290 g/mol. The van der Waals surface area contributed by atoms with Crippen molar-refractivity contribution in [2.45, 2.75) is 20.8 Å². The number of aromatic nitrogens is 2. The second-order valence-electron chi connectivity index (χ2n) is 5.66. The molecule has 0 aliphatic heterocycles. The summed E-state index contributed by atoms with van der Waals surface area (Å²) >= 11 is 1.29. The number of anilines is 1. The maximum absolute atomic E-state index is 12.3. The van der Waals surface area contributed by atoms with Crippen LogP contribution in [0.2, 0.25) is 0 Å². The molecule has 0 aromatic carbocycles. The third kappa shape index (κ3) is 2.58. The van der Waals surface area contributed by atoms with Crippen LogP contribution in [0.25, 0.3) is 10.2 Å². The first-order valence-electron chi connectivity index (χ1n) is 6.45. The van der Waals surface area contributed by atoms with Gasteiger partial charge in [-0.2, -0.15) is 5.10 Å². The number of hydrogen-bond acceptors (Lipinski definition) is 5. The predicted octanol–water partition coefficient (Wildman–Crippen LogP) is 0.767. The smallest absolute Gasteiger partial charge is 0.263 e. The van der Waals surface area contributed by atoms with Gasteiger partial charge in [-0.1, -0.05) is 0 Å². The third-order valence-electron chi connectivity index (χ3n) is 3.45. The summed E-state index contributed by atoms with van der Waals surface area (Å²) in [5.41, 5.74) is 11.8. The Morgan fingerprint density at radius 2 is 2.05 bits per heavy atom. The minimum absolute atomic E-state index is 0.159. The van der Waals surface area contributed by atoms with Gasteiger partial charge in [-0.25, -0.2) is 0 Å². The molecule has 0 radical (unpaired) electrons. The maximum Gasteiger partial charge on any atom is 0.263 e. The summed E-state index contributed by atoms with van der Waals surface area (Å²) in [4.78, 5) is 24.8. The van der Waals surface area contributed by atoms with Crippen molar-refractivity contribution < 1.29 is 9.59 Å². The molecule has 2 aromatic rings. The van der Waals surface area contributed by atoms with Crippen LogP contribution in [0, 0.1) is 12.3 Å². The Morgan fingerprint density at radius 3 is 2.57 bits per heavy atom. The quantitative estimate of drug-likeness (QED) is 0.773. The van der Waals surface area contributed by atoms with Gasteiger partial charge in [0.1, 0.15) is 9.71 Å². The minimum atomic E-state index is -0.807. The fourth-order valence-corrected chi connectivity index (χ4v) is 3.07. The van der Waals surface area contributed by atoms with Crippen LogP contribution in [0.1, 0.15) is 29.2 Å². The van der Waals surface area contributed by atoms with Crippen molar-refractivity contribution in [2.24, 2.45) is 18.2 Å². The zero-order chi connectivity index (χ0) is 15.9. The fourth-order valence-electron chi connectivity index (χ4n) is 1.97. The van der Waals surface area contributed by atoms with Crippen molar-refractivity contribution in [3.8, 4) is 0 Å². The number of fused-ring (bicyclic) bond motifs is 1. The molecule has 0 saturated heterocycles. The van der Waals surface area contributed by atoms with Gasteiger partial charge >= 0.3 is 0 Å². The molecule has 0 aliphatic rings. The van der Waals surface area contributed by atoms with Crippen LogP contribution in [0.15, 0.2) is 0 Å². The number of amides is 2. The Bertz CT molecular complexity index is 729. The minimum Gasteiger partial charge on any atom is -0.397 e. The number of rotatable bonds is 4. The summed E-state index contributed by atoms with van der Waals surface area (Å²) in [6, 6.07) is 0. The first-order valence-corrected chi connectivity index (χ1v) is 7.26. The molecule has 114 valence electrons. The van der Waals surface area contributed by atoms with Crippen molar-refractivity contribution in [1.82, 2.24) is 15.1 Å². The van der Waals surface area contributed by atoms with Crippen molar-refractivity contribution in [3.63, 3.8) is 0 Å². The number of hydrogen-bond donors (Lipinski definition) is 3. The van der Waals surface area contributed by atoms with Gasteiger partial charge in [0.25, 0.3) is 5.91 Å². The zero-order valence-corrected chi connectivity index (χ0v) is 13.3. The number of thiophene rings is 1. The molecule has 0 spiro atoms. The van der Waals surface area contributed by atoms with Crippen LogP contribution in [0.3, 0.4) is 0 Å². The number of nitrogen functional groups attached to an aromatic ring is 1. The van der Waals surface area contributed by atoms with Crippen molar-refractivity contribution in [1.29, 1.82) is 0 Å². The maximum atomic E-state index is 12.3. The van der Waals surface area contributed by atoms with Gasteiger partial charge in [0.05, 0.1) is 22.2 Å². The highest BCUT2D eigenvalue weighted by Gasteiger charge is 2.27. The topological polar surface area (TPSA) is 116 Å². The molecule has 7 nitrogen and oxygen atoms in total. The molecule has 8 heteroatoms. The molecule has 0 bridgehead atoms. The van der Waals surface area contributed by atoms with E-state index in [1.165, 1.54) is 11.3 Å². The van der Waals surface area contributed by atoms with Gasteiger partial charge in [-0.05, 0) is 20.8 Å². The van der Waals surface area contributed by atoms with Crippen LogP contribution in [0.4, 0.5) is 5.69 Å². The lowest BCUT2D eigenvalue weighted by atomic mass is 9.93. The van der Waals surface area contributed by atoms with Crippen LogP contribution in [-0.2, 0) is 11.8 Å². The molecule has 0 fully saturated rings. The number of primary amides is 1. The number of aryl methyl sites for hydroxylation is 2. The lowest BCUT2D eigenvalue weighted by Gasteiger charge is -2.20. The largest absolute Gasteiger partial charge is 0.397 e. The van der Waals surface area contributed by atoms with Gasteiger partial charge in [-0.15, -0.1) is 11.3 Å². The lowest BCUT2D eigenvalue weighted by Crippen LogP contribution is -2.42. The van der Waals surface area contributed by atoms with Crippen LogP contribution in [0.5, 0.6) is 0 Å². The standard InChI is InChI=1S/C13H19N5O2S/c1-6-7-8(14)9(21-11(7)18(4)17-6)10(19)16-5-13(2,3)12(15)20/h5,14H2,1-4H3,(H2,15,20)(H,16,19). The Hall–Kier alpha value is -2.09. The molecule has 2 heterocycles. The van der Waals surface area contributed by atoms with E-state index in [0.29, 0.717) is 10.6 Å². The fraction of sp³-hybridized carbons (Fsp3) is 0.462. The molecule has 2 rings (SSSR count). The second kappa shape index (κ2) is 5.03. The molecule has 0 unspecified atom stereocenters. The molecule has 5 N–H and O–H groups in total. The predicted molar refractivity (Wildman–Crippen MR) is 83.0 cm³/mol. The summed E-state index contributed by atoms with van der Waals surface area (Å²) in [5.74, 6) is -0.769. The summed E-state index contributed by atoms with van der Waals surface area (Å²) in [7, 11) is 1.81. The normalized spacial score (nSPS) is 11.8. The summed E-state index contributed by atoms with van der Waals surface area (Å²) in [5, 5.41) is 7.79. The van der Waals surface area contributed by atoms with E-state index < -0.39 is 11.3 Å². The van der Waals surface area contributed by atoms with Gasteiger partial charge in [-0.3, -0.25) is 14.3 Å². The van der Waals surface area contributed by atoms with E-state index in [1.807, 2.05) is 14.0 Å². The van der Waals surface area contributed by atoms with Gasteiger partial charge in [0, 0.05) is 13.6 Å². The molecular formula is C13H19N5O2S. The van der Waals surface area contributed by atoms with Crippen molar-refractivity contribution in [3.05, 3.63) is 10.6 Å². The van der Waals surface area contributed by atoms with Crippen LogP contribution in [-0.4, -0.2) is 28.1 Å². The van der Waals surface area contributed by atoms with E-state index in [9.17, 15) is 9.59 Å². The average Bonchev–Trinajstić information content (AvgIpc) is 2.86. The molecule has 2 aromatic heterocycles.